The highest BCUT2D eigenvalue weighted by Crippen LogP contribution is 2.30. The van der Waals surface area contributed by atoms with Gasteiger partial charge in [0.25, 0.3) is 15.9 Å². The van der Waals surface area contributed by atoms with Gasteiger partial charge in [-0.15, -0.1) is 0 Å². The Morgan fingerprint density at radius 2 is 1.44 bits per heavy atom. The van der Waals surface area contributed by atoms with E-state index in [0.717, 1.165) is 40.7 Å². The van der Waals surface area contributed by atoms with Crippen molar-refractivity contribution in [1.82, 2.24) is 4.72 Å². The third kappa shape index (κ3) is 9.52. The fraction of sp³-hybridized carbons (Fsp3) is 0.189. The topological polar surface area (TPSA) is 131 Å². The van der Waals surface area contributed by atoms with Crippen LogP contribution in [0.25, 0.3) is 17.2 Å². The van der Waals surface area contributed by atoms with E-state index in [9.17, 15) is 22.8 Å². The molecule has 4 aromatic carbocycles. The number of hydrogen-bond acceptors (Lipinski definition) is 8. The number of amides is 2. The van der Waals surface area contributed by atoms with Gasteiger partial charge >= 0.3 is 5.97 Å². The Labute approximate surface area is 284 Å². The summed E-state index contributed by atoms with van der Waals surface area (Å²) in [6.07, 6.45) is 3.76. The molecule has 0 fully saturated rings. The van der Waals surface area contributed by atoms with Crippen LogP contribution in [0, 0.1) is 6.92 Å². The first-order valence-corrected chi connectivity index (χ1v) is 17.7. The number of nitrogens with one attached hydrogen (secondary N) is 2. The molecule has 0 unspecified atom stereocenters. The van der Waals surface area contributed by atoms with Crippen molar-refractivity contribution in [1.29, 1.82) is 0 Å². The number of unbranched alkanes of at least 4 members (excludes halogenated alkanes) is 1. The largest absolute Gasteiger partial charge is 0.465 e. The second-order valence-electron chi connectivity index (χ2n) is 11.2. The van der Waals surface area contributed by atoms with Crippen molar-refractivity contribution in [3.05, 3.63) is 124 Å². The molecule has 0 radical (unpaired) electrons. The van der Waals surface area contributed by atoms with Crippen LogP contribution in [-0.2, 0) is 42.0 Å². The second-order valence-corrected chi connectivity index (χ2v) is 14.0. The summed E-state index contributed by atoms with van der Waals surface area (Å²) >= 11 is 1.22. The van der Waals surface area contributed by atoms with Crippen LogP contribution in [0.3, 0.4) is 0 Å². The number of rotatable bonds is 12. The van der Waals surface area contributed by atoms with Gasteiger partial charge in [-0.05, 0) is 83.3 Å². The van der Waals surface area contributed by atoms with E-state index < -0.39 is 15.9 Å². The molecule has 0 aliphatic carbocycles. The van der Waals surface area contributed by atoms with Gasteiger partial charge in [0, 0.05) is 5.69 Å². The standard InChI is InChI=1S/C37H35N3O6S2/c1-3-4-21-46-35(42)24-28-9-15-30(16-10-28)29-13-7-26(8-14-29)22-33-36(43)39-37(47-33)38-31-17-11-27(12-18-31)23-34(41)40-48(44,45)32-19-5-25(2)6-20-32/h5-20,22H,3-4,21,23-24H2,1-2H3,(H,40,41)(H,38,39,43)/b33-22+. The van der Waals surface area contributed by atoms with E-state index in [1.54, 1.807) is 42.5 Å². The van der Waals surface area contributed by atoms with Gasteiger partial charge in [0.2, 0.25) is 5.91 Å². The molecule has 1 aliphatic rings. The number of ether oxygens (including phenoxy) is 1. The second kappa shape index (κ2) is 15.7. The maximum Gasteiger partial charge on any atom is 0.310 e. The van der Waals surface area contributed by atoms with Crippen LogP contribution >= 0.6 is 11.8 Å². The molecule has 5 rings (SSSR count). The first-order chi connectivity index (χ1) is 23.1. The van der Waals surface area contributed by atoms with Crippen molar-refractivity contribution < 1.29 is 27.5 Å². The summed E-state index contributed by atoms with van der Waals surface area (Å²) in [6, 6.07) is 28.7. The number of sulfonamides is 1. The lowest BCUT2D eigenvalue weighted by molar-refractivity contribution is -0.143. The van der Waals surface area contributed by atoms with E-state index in [1.165, 1.54) is 23.9 Å². The summed E-state index contributed by atoms with van der Waals surface area (Å²) in [5.41, 5.74) is 5.96. The number of carbonyl (C=O) groups excluding carboxylic acids is 3. The van der Waals surface area contributed by atoms with E-state index >= 15 is 0 Å². The quantitative estimate of drug-likeness (QED) is 0.0963. The van der Waals surface area contributed by atoms with Crippen molar-refractivity contribution in [2.24, 2.45) is 4.99 Å². The fourth-order valence-corrected chi connectivity index (χ4v) is 6.54. The third-order valence-electron chi connectivity index (χ3n) is 7.37. The van der Waals surface area contributed by atoms with Gasteiger partial charge in [0.05, 0.1) is 29.2 Å². The molecule has 9 nitrogen and oxygen atoms in total. The SMILES string of the molecule is CCCCOC(=O)Cc1ccc(-c2ccc(/C=C3/SC(Nc4ccc(CC(=O)NS(=O)(=O)c5ccc(C)cc5)cc4)=NC3=O)cc2)cc1. The van der Waals surface area contributed by atoms with E-state index in [-0.39, 0.29) is 29.6 Å². The number of aliphatic imine (C=N–C) groups is 1. The fourth-order valence-electron chi connectivity index (χ4n) is 4.73. The van der Waals surface area contributed by atoms with Gasteiger partial charge in [-0.1, -0.05) is 91.7 Å². The average molecular weight is 682 g/mol. The maximum atomic E-state index is 12.6. The Kier molecular flexibility index (Phi) is 11.3. The summed E-state index contributed by atoms with van der Waals surface area (Å²) in [4.78, 5) is 41.7. The Balaban J connectivity index is 1.12. The van der Waals surface area contributed by atoms with Crippen LogP contribution < -0.4 is 10.0 Å². The van der Waals surface area contributed by atoms with Gasteiger partial charge in [-0.3, -0.25) is 14.4 Å². The Bertz CT molecular complexity index is 1950. The first kappa shape index (κ1) is 34.3. The number of aryl methyl sites for hydroxylation is 1. The van der Waals surface area contributed by atoms with Crippen molar-refractivity contribution >= 4 is 56.5 Å². The van der Waals surface area contributed by atoms with Crippen molar-refractivity contribution in [2.45, 2.75) is 44.4 Å². The zero-order valence-electron chi connectivity index (χ0n) is 26.6. The molecule has 0 atom stereocenters. The van der Waals surface area contributed by atoms with E-state index in [0.29, 0.717) is 27.9 Å². The molecule has 1 aliphatic heterocycles. The summed E-state index contributed by atoms with van der Waals surface area (Å²) in [5.74, 6) is -1.21. The van der Waals surface area contributed by atoms with Gasteiger partial charge in [-0.2, -0.15) is 4.99 Å². The normalized spacial score (nSPS) is 13.7. The lowest BCUT2D eigenvalue weighted by Gasteiger charge is -2.09. The minimum atomic E-state index is -3.96. The summed E-state index contributed by atoms with van der Waals surface area (Å²) in [6.45, 7) is 4.35. The molecule has 246 valence electrons. The summed E-state index contributed by atoms with van der Waals surface area (Å²) in [5, 5.41) is 3.54. The number of benzene rings is 4. The van der Waals surface area contributed by atoms with E-state index in [1.807, 2.05) is 55.5 Å². The number of nitrogens with zero attached hydrogens (tertiary/aromatic N) is 1. The number of carbonyl (C=O) groups is 3. The predicted octanol–water partition coefficient (Wildman–Crippen LogP) is 6.68. The number of hydrogen-bond donors (Lipinski definition) is 2. The van der Waals surface area contributed by atoms with Gasteiger partial charge in [-0.25, -0.2) is 13.1 Å². The smallest absolute Gasteiger partial charge is 0.310 e. The van der Waals surface area contributed by atoms with Crippen LogP contribution in [-0.4, -0.2) is 38.0 Å². The lowest BCUT2D eigenvalue weighted by Crippen LogP contribution is -2.31. The van der Waals surface area contributed by atoms with E-state index in [4.69, 9.17) is 4.74 Å². The number of thioether (sulfide) groups is 1. The Morgan fingerprint density at radius 1 is 0.833 bits per heavy atom. The van der Waals surface area contributed by atoms with Gasteiger partial charge < -0.3 is 10.1 Å². The molecule has 0 saturated heterocycles. The van der Waals surface area contributed by atoms with Crippen molar-refractivity contribution in [2.75, 3.05) is 11.9 Å². The van der Waals surface area contributed by atoms with Crippen molar-refractivity contribution in [3.63, 3.8) is 0 Å². The molecule has 0 saturated carbocycles. The molecule has 2 amide bonds. The molecule has 4 aromatic rings. The van der Waals surface area contributed by atoms with Crippen LogP contribution in [0.2, 0.25) is 0 Å². The monoisotopic (exact) mass is 681 g/mol. The highest BCUT2D eigenvalue weighted by molar-refractivity contribution is 8.18. The predicted molar refractivity (Wildman–Crippen MR) is 190 cm³/mol. The minimum Gasteiger partial charge on any atom is -0.465 e. The number of esters is 1. The van der Waals surface area contributed by atoms with Crippen LogP contribution in [0.15, 0.2) is 112 Å². The van der Waals surface area contributed by atoms with E-state index in [2.05, 4.69) is 22.0 Å². The van der Waals surface area contributed by atoms with Crippen molar-refractivity contribution in [3.8, 4) is 11.1 Å². The molecular weight excluding hydrogens is 647 g/mol. The summed E-state index contributed by atoms with van der Waals surface area (Å²) in [7, 11) is -3.96. The molecule has 0 spiro atoms. The molecule has 11 heteroatoms. The maximum absolute atomic E-state index is 12.6. The number of anilines is 1. The Morgan fingerprint density at radius 3 is 2.08 bits per heavy atom. The van der Waals surface area contributed by atoms with Gasteiger partial charge in [0.15, 0.2) is 5.17 Å². The van der Waals surface area contributed by atoms with Crippen LogP contribution in [0.4, 0.5) is 5.69 Å². The van der Waals surface area contributed by atoms with Crippen LogP contribution in [0.5, 0.6) is 0 Å². The molecular formula is C37H35N3O6S2. The average Bonchev–Trinajstić information content (AvgIpc) is 3.40. The third-order valence-corrected chi connectivity index (χ3v) is 9.66. The minimum absolute atomic E-state index is 0.0250. The molecule has 2 N–H and O–H groups in total. The highest BCUT2D eigenvalue weighted by Gasteiger charge is 2.22. The molecule has 48 heavy (non-hydrogen) atoms. The molecule has 0 bridgehead atoms. The highest BCUT2D eigenvalue weighted by atomic mass is 32.2. The summed E-state index contributed by atoms with van der Waals surface area (Å²) < 4.78 is 32.3. The van der Waals surface area contributed by atoms with Gasteiger partial charge in [0.1, 0.15) is 0 Å². The first-order valence-electron chi connectivity index (χ1n) is 15.4. The lowest BCUT2D eigenvalue weighted by atomic mass is 10.0. The van der Waals surface area contributed by atoms with Crippen LogP contribution in [0.1, 0.15) is 42.0 Å². The Hall–Kier alpha value is -5.00. The zero-order valence-corrected chi connectivity index (χ0v) is 28.2. The number of amidine groups is 1. The molecule has 1 heterocycles. The molecule has 0 aromatic heterocycles. The zero-order chi connectivity index (χ0) is 34.1.